The quantitative estimate of drug-likeness (QED) is 0.293. The molecule has 0 bridgehead atoms. The Kier molecular flexibility index (Phi) is 8.77. The molecule has 0 aliphatic rings. The van der Waals surface area contributed by atoms with E-state index in [1.54, 1.807) is 26.8 Å². The molecule has 2 heterocycles. The highest BCUT2D eigenvalue weighted by molar-refractivity contribution is 5.98. The van der Waals surface area contributed by atoms with Gasteiger partial charge in [-0.3, -0.25) is 10.1 Å². The number of fused-ring (bicyclic) bond motifs is 1. The number of pyridine rings is 1. The molecular formula is C25H32F3N5O4. The summed E-state index contributed by atoms with van der Waals surface area (Å²) < 4.78 is 51.3. The lowest BCUT2D eigenvalue weighted by atomic mass is 10.1. The lowest BCUT2D eigenvalue weighted by Gasteiger charge is -2.21. The number of hydrogen-bond acceptors (Lipinski definition) is 8. The Morgan fingerprint density at radius 2 is 1.86 bits per heavy atom. The smallest absolute Gasteiger partial charge is 0.433 e. The second-order valence-corrected chi connectivity index (χ2v) is 9.12. The maximum atomic E-state index is 13.3. The van der Waals surface area contributed by atoms with Crippen LogP contribution in [-0.4, -0.2) is 46.4 Å². The number of ether oxygens (including phenoxy) is 1. The summed E-state index contributed by atoms with van der Waals surface area (Å²) in [6.45, 7) is 9.28. The fourth-order valence-corrected chi connectivity index (χ4v) is 3.60. The summed E-state index contributed by atoms with van der Waals surface area (Å²) >= 11 is 0. The van der Waals surface area contributed by atoms with Gasteiger partial charge < -0.3 is 25.3 Å². The number of nitrogens with zero attached hydrogens (tertiary/aromatic N) is 2. The van der Waals surface area contributed by atoms with Crippen molar-refractivity contribution in [3.63, 3.8) is 0 Å². The number of aliphatic hydroxyl groups excluding tert-OH is 1. The maximum Gasteiger partial charge on any atom is 0.433 e. The van der Waals surface area contributed by atoms with E-state index in [2.05, 4.69) is 20.6 Å². The van der Waals surface area contributed by atoms with Crippen molar-refractivity contribution in [1.82, 2.24) is 20.6 Å². The molecule has 0 radical (unpaired) electrons. The predicted molar refractivity (Wildman–Crippen MR) is 132 cm³/mol. The van der Waals surface area contributed by atoms with Gasteiger partial charge in [0.05, 0.1) is 12.6 Å². The standard InChI is InChI=1S/C25H32F3N5O4/c1-6-36-17-9-7-16(15-8-10-18(25(26,27)28)32-19(15)17)24-33-20(21(37-24)14(5)29)23(35)30-11-13(4)31-22(34)12(2)3/h7-10,12-14,22,31,34H,6,11,29H2,1-5H3,(H,30,35)/t13-,14+,22?/m1/s1. The number of carbonyl (C=O) groups excluding carboxylic acids is 1. The highest BCUT2D eigenvalue weighted by atomic mass is 19.4. The van der Waals surface area contributed by atoms with Crippen molar-refractivity contribution < 1.29 is 32.2 Å². The van der Waals surface area contributed by atoms with Crippen molar-refractivity contribution in [2.75, 3.05) is 13.2 Å². The van der Waals surface area contributed by atoms with Gasteiger partial charge in [0, 0.05) is 23.5 Å². The van der Waals surface area contributed by atoms with Crippen LogP contribution in [0, 0.1) is 5.92 Å². The van der Waals surface area contributed by atoms with E-state index in [1.165, 1.54) is 12.1 Å². The highest BCUT2D eigenvalue weighted by Gasteiger charge is 2.33. The number of nitrogens with two attached hydrogens (primary N) is 1. The molecule has 202 valence electrons. The molecule has 9 nitrogen and oxygen atoms in total. The van der Waals surface area contributed by atoms with Crippen LogP contribution in [0.2, 0.25) is 0 Å². The molecule has 2 aromatic heterocycles. The third-order valence-corrected chi connectivity index (χ3v) is 5.58. The van der Waals surface area contributed by atoms with Crippen LogP contribution >= 0.6 is 0 Å². The number of halogens is 3. The first-order chi connectivity index (χ1) is 17.3. The number of aromatic nitrogens is 2. The molecule has 3 rings (SSSR count). The largest absolute Gasteiger partial charge is 0.492 e. The lowest BCUT2D eigenvalue weighted by Crippen LogP contribution is -2.45. The van der Waals surface area contributed by atoms with Gasteiger partial charge >= 0.3 is 6.18 Å². The molecular weight excluding hydrogens is 491 g/mol. The number of alkyl halides is 3. The van der Waals surface area contributed by atoms with Gasteiger partial charge in [-0.15, -0.1) is 0 Å². The zero-order chi connectivity index (χ0) is 27.5. The second-order valence-electron chi connectivity index (χ2n) is 9.12. The number of aliphatic hydroxyl groups is 1. The van der Waals surface area contributed by atoms with Crippen molar-refractivity contribution in [3.8, 4) is 17.2 Å². The summed E-state index contributed by atoms with van der Waals surface area (Å²) in [5, 5.41) is 16.0. The van der Waals surface area contributed by atoms with E-state index in [0.717, 1.165) is 6.07 Å². The van der Waals surface area contributed by atoms with Crippen molar-refractivity contribution in [3.05, 3.63) is 41.4 Å². The predicted octanol–water partition coefficient (Wildman–Crippen LogP) is 4.01. The first-order valence-corrected chi connectivity index (χ1v) is 12.0. The summed E-state index contributed by atoms with van der Waals surface area (Å²) in [5.74, 6) is -0.241. The molecule has 0 saturated heterocycles. The van der Waals surface area contributed by atoms with Gasteiger partial charge in [0.15, 0.2) is 11.5 Å². The molecule has 0 saturated carbocycles. The molecule has 3 atom stereocenters. The summed E-state index contributed by atoms with van der Waals surface area (Å²) in [6, 6.07) is 4.27. The molecule has 0 aliphatic carbocycles. The molecule has 3 aromatic rings. The van der Waals surface area contributed by atoms with Gasteiger partial charge in [0.2, 0.25) is 5.89 Å². The van der Waals surface area contributed by atoms with Crippen molar-refractivity contribution in [2.45, 2.75) is 59.1 Å². The molecule has 37 heavy (non-hydrogen) atoms. The van der Waals surface area contributed by atoms with Gasteiger partial charge in [-0.2, -0.15) is 13.2 Å². The molecule has 1 unspecified atom stereocenters. The van der Waals surface area contributed by atoms with Crippen LogP contribution in [0.15, 0.2) is 28.7 Å². The number of benzene rings is 1. The van der Waals surface area contributed by atoms with Crippen LogP contribution in [0.5, 0.6) is 5.75 Å². The first-order valence-electron chi connectivity index (χ1n) is 12.0. The van der Waals surface area contributed by atoms with Crippen LogP contribution in [0.3, 0.4) is 0 Å². The normalized spacial score (nSPS) is 14.6. The number of nitrogens with one attached hydrogen (secondary N) is 2. The van der Waals surface area contributed by atoms with Gasteiger partial charge in [0.1, 0.15) is 23.2 Å². The van der Waals surface area contributed by atoms with Gasteiger partial charge in [-0.25, -0.2) is 9.97 Å². The number of carbonyl (C=O) groups is 1. The van der Waals surface area contributed by atoms with Gasteiger partial charge in [-0.05, 0) is 51.0 Å². The minimum atomic E-state index is -4.64. The lowest BCUT2D eigenvalue weighted by molar-refractivity contribution is -0.140. The summed E-state index contributed by atoms with van der Waals surface area (Å²) in [7, 11) is 0. The van der Waals surface area contributed by atoms with Crippen LogP contribution < -0.4 is 21.1 Å². The Morgan fingerprint density at radius 1 is 1.16 bits per heavy atom. The monoisotopic (exact) mass is 523 g/mol. The molecule has 0 fully saturated rings. The second kappa shape index (κ2) is 11.4. The van der Waals surface area contributed by atoms with E-state index >= 15 is 0 Å². The van der Waals surface area contributed by atoms with E-state index in [9.17, 15) is 23.1 Å². The summed E-state index contributed by atoms with van der Waals surface area (Å²) in [5.41, 5.74) is 5.24. The zero-order valence-electron chi connectivity index (χ0n) is 21.3. The van der Waals surface area contributed by atoms with Crippen LogP contribution in [0.25, 0.3) is 22.4 Å². The topological polar surface area (TPSA) is 136 Å². The number of oxazole rings is 1. The van der Waals surface area contributed by atoms with E-state index in [4.69, 9.17) is 14.9 Å². The third kappa shape index (κ3) is 6.56. The minimum Gasteiger partial charge on any atom is -0.492 e. The molecule has 12 heteroatoms. The van der Waals surface area contributed by atoms with Crippen molar-refractivity contribution in [1.29, 1.82) is 0 Å². The van der Waals surface area contributed by atoms with Crippen molar-refractivity contribution in [2.24, 2.45) is 11.7 Å². The fraction of sp³-hybridized carbons (Fsp3) is 0.480. The van der Waals surface area contributed by atoms with Crippen molar-refractivity contribution >= 4 is 16.8 Å². The van der Waals surface area contributed by atoms with Gasteiger partial charge in [-0.1, -0.05) is 13.8 Å². The third-order valence-electron chi connectivity index (χ3n) is 5.58. The Labute approximate surface area is 212 Å². The van der Waals surface area contributed by atoms with E-state index < -0.39 is 30.0 Å². The summed E-state index contributed by atoms with van der Waals surface area (Å²) in [6.07, 6.45) is -5.37. The molecule has 0 aliphatic heterocycles. The molecule has 1 aromatic carbocycles. The Hall–Kier alpha value is -3.22. The minimum absolute atomic E-state index is 0.00780. The van der Waals surface area contributed by atoms with Crippen LogP contribution in [-0.2, 0) is 6.18 Å². The first kappa shape index (κ1) is 28.4. The van der Waals surface area contributed by atoms with Crippen LogP contribution in [0.4, 0.5) is 13.2 Å². The number of amides is 1. The summed E-state index contributed by atoms with van der Waals surface area (Å²) in [4.78, 5) is 21.1. The average molecular weight is 524 g/mol. The fourth-order valence-electron chi connectivity index (χ4n) is 3.60. The van der Waals surface area contributed by atoms with E-state index in [0.29, 0.717) is 10.9 Å². The molecule has 5 N–H and O–H groups in total. The molecule has 1 amide bonds. The average Bonchev–Trinajstić information content (AvgIpc) is 3.27. The number of rotatable bonds is 10. The SMILES string of the molecule is CCOc1ccc(-c2nc(C(=O)NC[C@@H](C)NC(O)C(C)C)c([C@H](C)N)o2)c2ccc(C(F)(F)F)nc12. The maximum absolute atomic E-state index is 13.3. The van der Waals surface area contributed by atoms with Crippen LogP contribution in [0.1, 0.15) is 62.6 Å². The van der Waals surface area contributed by atoms with Gasteiger partial charge in [0.25, 0.3) is 5.91 Å². The number of hydrogen-bond donors (Lipinski definition) is 4. The van der Waals surface area contributed by atoms with E-state index in [-0.39, 0.29) is 53.7 Å². The highest BCUT2D eigenvalue weighted by Crippen LogP contribution is 2.37. The Balaban J connectivity index is 1.98. The zero-order valence-corrected chi connectivity index (χ0v) is 21.3. The molecule has 0 spiro atoms. The van der Waals surface area contributed by atoms with E-state index in [1.807, 2.05) is 13.8 Å². The Morgan fingerprint density at radius 3 is 2.46 bits per heavy atom. The Bertz CT molecular complexity index is 1240.